The van der Waals surface area contributed by atoms with Crippen LogP contribution < -0.4 is 5.32 Å². The standard InChI is InChI=1S/C21H26N4O5S/c1-15-6-4-7-16(2)20(15)22-21(26)17(3)23-10-12-24(13-11-23)31(29,30)19-9-5-8-18(14-19)25(27)28/h4-9,14,17H,10-13H2,1-3H3,(H,22,26). The first-order chi connectivity index (χ1) is 14.6. The maximum absolute atomic E-state index is 12.9. The number of non-ortho nitro benzene ring substituents is 1. The molecule has 9 nitrogen and oxygen atoms in total. The molecule has 0 radical (unpaired) electrons. The van der Waals surface area contributed by atoms with Gasteiger partial charge in [-0.25, -0.2) is 8.42 Å². The third-order valence-electron chi connectivity index (χ3n) is 5.60. The van der Waals surface area contributed by atoms with Crippen LogP contribution in [0.25, 0.3) is 0 Å². The van der Waals surface area contributed by atoms with E-state index in [4.69, 9.17) is 0 Å². The number of sulfonamides is 1. The Bertz CT molecular complexity index is 1070. The number of nitrogens with zero attached hydrogens (tertiary/aromatic N) is 3. The lowest BCUT2D eigenvalue weighted by atomic mass is 10.1. The van der Waals surface area contributed by atoms with E-state index in [1.54, 1.807) is 6.92 Å². The molecule has 31 heavy (non-hydrogen) atoms. The van der Waals surface area contributed by atoms with Gasteiger partial charge in [-0.05, 0) is 38.0 Å². The number of carbonyl (C=O) groups excluding carboxylic acids is 1. The summed E-state index contributed by atoms with van der Waals surface area (Å²) in [5.41, 5.74) is 2.49. The highest BCUT2D eigenvalue weighted by molar-refractivity contribution is 7.89. The molecule has 1 amide bonds. The van der Waals surface area contributed by atoms with Gasteiger partial charge in [0.15, 0.2) is 0 Å². The van der Waals surface area contributed by atoms with Crippen molar-refractivity contribution in [1.29, 1.82) is 0 Å². The van der Waals surface area contributed by atoms with Crippen LogP contribution in [0.4, 0.5) is 11.4 Å². The van der Waals surface area contributed by atoms with Crippen LogP contribution in [0, 0.1) is 24.0 Å². The van der Waals surface area contributed by atoms with E-state index >= 15 is 0 Å². The lowest BCUT2D eigenvalue weighted by Gasteiger charge is -2.36. The zero-order valence-corrected chi connectivity index (χ0v) is 18.6. The van der Waals surface area contributed by atoms with Crippen LogP contribution in [0.5, 0.6) is 0 Å². The Labute approximate surface area is 181 Å². The number of anilines is 1. The van der Waals surface area contributed by atoms with E-state index < -0.39 is 21.0 Å². The van der Waals surface area contributed by atoms with Gasteiger partial charge in [0.2, 0.25) is 15.9 Å². The highest BCUT2D eigenvalue weighted by Crippen LogP contribution is 2.23. The molecule has 0 saturated carbocycles. The van der Waals surface area contributed by atoms with Crippen LogP contribution in [0.3, 0.4) is 0 Å². The van der Waals surface area contributed by atoms with Gasteiger partial charge in [0.25, 0.3) is 5.69 Å². The second-order valence-corrected chi connectivity index (χ2v) is 9.56. The number of nitrogens with one attached hydrogen (secondary N) is 1. The normalized spacial score (nSPS) is 16.6. The highest BCUT2D eigenvalue weighted by Gasteiger charge is 2.32. The van der Waals surface area contributed by atoms with E-state index in [-0.39, 0.29) is 29.6 Å². The Morgan fingerprint density at radius 2 is 1.65 bits per heavy atom. The van der Waals surface area contributed by atoms with Gasteiger partial charge in [-0.3, -0.25) is 19.8 Å². The summed E-state index contributed by atoms with van der Waals surface area (Å²) in [7, 11) is -3.85. The van der Waals surface area contributed by atoms with Crippen LogP contribution in [-0.2, 0) is 14.8 Å². The molecule has 1 atom stereocenters. The Morgan fingerprint density at radius 3 is 2.23 bits per heavy atom. The summed E-state index contributed by atoms with van der Waals surface area (Å²) >= 11 is 0. The lowest BCUT2D eigenvalue weighted by molar-refractivity contribution is -0.385. The molecule has 0 aromatic heterocycles. The second-order valence-electron chi connectivity index (χ2n) is 7.63. The summed E-state index contributed by atoms with van der Waals surface area (Å²) < 4.78 is 27.1. The molecule has 10 heteroatoms. The smallest absolute Gasteiger partial charge is 0.270 e. The molecule has 1 aliphatic rings. The van der Waals surface area contributed by atoms with Crippen molar-refractivity contribution < 1.29 is 18.1 Å². The fourth-order valence-corrected chi connectivity index (χ4v) is 5.11. The summed E-state index contributed by atoms with van der Waals surface area (Å²) in [5, 5.41) is 13.9. The summed E-state index contributed by atoms with van der Waals surface area (Å²) in [6.45, 7) is 6.84. The number of rotatable bonds is 6. The Balaban J connectivity index is 1.65. The fraction of sp³-hybridized carbons (Fsp3) is 0.381. The van der Waals surface area contributed by atoms with Gasteiger partial charge in [-0.15, -0.1) is 0 Å². The molecule has 1 saturated heterocycles. The number of aryl methyl sites for hydroxylation is 2. The number of nitro groups is 1. The molecule has 0 bridgehead atoms. The molecule has 2 aromatic carbocycles. The number of nitro benzene ring substituents is 1. The van der Waals surface area contributed by atoms with Crippen LogP contribution in [0.2, 0.25) is 0 Å². The third-order valence-corrected chi connectivity index (χ3v) is 7.49. The quantitative estimate of drug-likeness (QED) is 0.539. The first-order valence-electron chi connectivity index (χ1n) is 9.97. The SMILES string of the molecule is Cc1cccc(C)c1NC(=O)C(C)N1CCN(S(=O)(=O)c2cccc([N+](=O)[O-])c2)CC1. The first-order valence-corrected chi connectivity index (χ1v) is 11.4. The fourth-order valence-electron chi connectivity index (χ4n) is 3.64. The molecular formula is C21H26N4O5S. The van der Waals surface area contributed by atoms with Gasteiger partial charge >= 0.3 is 0 Å². The number of para-hydroxylation sites is 1. The Hall–Kier alpha value is -2.82. The van der Waals surface area contributed by atoms with Crippen molar-refractivity contribution in [2.45, 2.75) is 31.7 Å². The van der Waals surface area contributed by atoms with Crippen molar-refractivity contribution in [2.24, 2.45) is 0 Å². The third kappa shape index (κ3) is 4.92. The van der Waals surface area contributed by atoms with Crippen LogP contribution in [0.1, 0.15) is 18.1 Å². The van der Waals surface area contributed by atoms with Gasteiger partial charge in [0, 0.05) is 44.0 Å². The highest BCUT2D eigenvalue weighted by atomic mass is 32.2. The Kier molecular flexibility index (Phi) is 6.73. The van der Waals surface area contributed by atoms with Gasteiger partial charge in [-0.2, -0.15) is 4.31 Å². The second kappa shape index (κ2) is 9.13. The molecular weight excluding hydrogens is 420 g/mol. The predicted molar refractivity (Wildman–Crippen MR) is 117 cm³/mol. The van der Waals surface area contributed by atoms with Crippen LogP contribution in [0.15, 0.2) is 47.4 Å². The van der Waals surface area contributed by atoms with Crippen molar-refractivity contribution in [3.8, 4) is 0 Å². The average Bonchev–Trinajstić information content (AvgIpc) is 2.76. The van der Waals surface area contributed by atoms with Gasteiger partial charge in [0.05, 0.1) is 15.9 Å². The first kappa shape index (κ1) is 22.9. The number of piperazine rings is 1. The number of benzene rings is 2. The minimum Gasteiger partial charge on any atom is -0.324 e. The summed E-state index contributed by atoms with van der Waals surface area (Å²) in [6, 6.07) is 10.4. The minimum absolute atomic E-state index is 0.101. The maximum atomic E-state index is 12.9. The Morgan fingerprint density at radius 1 is 1.06 bits per heavy atom. The molecule has 0 spiro atoms. The molecule has 2 aromatic rings. The van der Waals surface area contributed by atoms with Crippen molar-refractivity contribution in [3.63, 3.8) is 0 Å². The monoisotopic (exact) mass is 446 g/mol. The van der Waals surface area contributed by atoms with Crippen molar-refractivity contribution >= 4 is 27.3 Å². The largest absolute Gasteiger partial charge is 0.324 e. The molecule has 3 rings (SSSR count). The van der Waals surface area contributed by atoms with Crippen molar-refractivity contribution in [1.82, 2.24) is 9.21 Å². The minimum atomic E-state index is -3.85. The van der Waals surface area contributed by atoms with Gasteiger partial charge in [-0.1, -0.05) is 24.3 Å². The lowest BCUT2D eigenvalue weighted by Crippen LogP contribution is -2.53. The predicted octanol–water partition coefficient (Wildman–Crippen LogP) is 2.55. The molecule has 1 heterocycles. The molecule has 0 aliphatic carbocycles. The van der Waals surface area contributed by atoms with E-state index in [1.807, 2.05) is 36.9 Å². The van der Waals surface area contributed by atoms with E-state index in [1.165, 1.54) is 22.5 Å². The zero-order valence-electron chi connectivity index (χ0n) is 17.7. The van der Waals surface area contributed by atoms with E-state index in [2.05, 4.69) is 5.32 Å². The molecule has 1 N–H and O–H groups in total. The molecule has 166 valence electrons. The van der Waals surface area contributed by atoms with Crippen LogP contribution >= 0.6 is 0 Å². The van der Waals surface area contributed by atoms with E-state index in [0.717, 1.165) is 22.9 Å². The van der Waals surface area contributed by atoms with E-state index in [0.29, 0.717) is 13.1 Å². The summed E-state index contributed by atoms with van der Waals surface area (Å²) in [5.74, 6) is -0.146. The van der Waals surface area contributed by atoms with Crippen molar-refractivity contribution in [2.75, 3.05) is 31.5 Å². The maximum Gasteiger partial charge on any atom is 0.270 e. The van der Waals surface area contributed by atoms with Gasteiger partial charge in [0.1, 0.15) is 0 Å². The zero-order chi connectivity index (χ0) is 22.8. The summed E-state index contributed by atoms with van der Waals surface area (Å²) in [6.07, 6.45) is 0. The van der Waals surface area contributed by atoms with E-state index in [9.17, 15) is 23.3 Å². The molecule has 1 unspecified atom stereocenters. The van der Waals surface area contributed by atoms with Gasteiger partial charge < -0.3 is 5.32 Å². The average molecular weight is 447 g/mol. The number of hydrogen-bond donors (Lipinski definition) is 1. The summed E-state index contributed by atoms with van der Waals surface area (Å²) in [4.78, 5) is 24.9. The number of amides is 1. The number of carbonyl (C=O) groups is 1. The molecule has 1 aliphatic heterocycles. The van der Waals surface area contributed by atoms with Crippen molar-refractivity contribution in [3.05, 3.63) is 63.7 Å². The molecule has 1 fully saturated rings. The topological polar surface area (TPSA) is 113 Å². The van der Waals surface area contributed by atoms with Crippen LogP contribution in [-0.4, -0.2) is 60.7 Å². The number of hydrogen-bond acceptors (Lipinski definition) is 6.